The zero-order valence-corrected chi connectivity index (χ0v) is 13.1. The third-order valence-corrected chi connectivity index (χ3v) is 5.23. The van der Waals surface area contributed by atoms with Crippen molar-refractivity contribution in [2.45, 2.75) is 31.7 Å². The molecule has 4 heteroatoms. The molecule has 1 nitrogen and oxygen atoms in total. The standard InChI is InChI=1S/C12H13Br2ClO/c1-12(2)9(15)6-10(12)16-11-7(13)4-3-5-8(11)14/h3-5,9-10H,6H2,1-2H3. The Morgan fingerprint density at radius 3 is 2.31 bits per heavy atom. The van der Waals surface area contributed by atoms with Gasteiger partial charge in [0.15, 0.2) is 0 Å². The molecule has 0 aromatic heterocycles. The van der Waals surface area contributed by atoms with E-state index in [1.54, 1.807) is 0 Å². The molecule has 0 heterocycles. The van der Waals surface area contributed by atoms with Gasteiger partial charge in [0.05, 0.1) is 8.95 Å². The quantitative estimate of drug-likeness (QED) is 0.668. The van der Waals surface area contributed by atoms with Crippen LogP contribution in [0, 0.1) is 5.41 Å². The second-order valence-electron chi connectivity index (χ2n) is 4.68. The average molecular weight is 368 g/mol. The topological polar surface area (TPSA) is 9.23 Å². The third kappa shape index (κ3) is 2.14. The molecule has 0 spiro atoms. The summed E-state index contributed by atoms with van der Waals surface area (Å²) in [6, 6.07) is 5.92. The second kappa shape index (κ2) is 4.51. The molecule has 0 amide bonds. The maximum absolute atomic E-state index is 6.18. The Bertz CT molecular complexity index is 386. The smallest absolute Gasteiger partial charge is 0.148 e. The highest BCUT2D eigenvalue weighted by Crippen LogP contribution is 2.48. The molecule has 1 aromatic carbocycles. The van der Waals surface area contributed by atoms with Crippen molar-refractivity contribution in [1.29, 1.82) is 0 Å². The minimum atomic E-state index is 0.0380. The van der Waals surface area contributed by atoms with Gasteiger partial charge in [0.1, 0.15) is 11.9 Å². The zero-order valence-electron chi connectivity index (χ0n) is 9.14. The van der Waals surface area contributed by atoms with Crippen molar-refractivity contribution in [1.82, 2.24) is 0 Å². The van der Waals surface area contributed by atoms with Gasteiger partial charge in [-0.25, -0.2) is 0 Å². The molecule has 1 saturated carbocycles. The first-order chi connectivity index (χ1) is 7.43. The van der Waals surface area contributed by atoms with Gasteiger partial charge in [0.25, 0.3) is 0 Å². The van der Waals surface area contributed by atoms with E-state index in [1.807, 2.05) is 18.2 Å². The third-order valence-electron chi connectivity index (χ3n) is 3.24. The van der Waals surface area contributed by atoms with Crippen LogP contribution in [0.15, 0.2) is 27.1 Å². The number of halogens is 3. The largest absolute Gasteiger partial charge is 0.487 e. The van der Waals surface area contributed by atoms with Crippen molar-refractivity contribution < 1.29 is 4.74 Å². The minimum absolute atomic E-state index is 0.0380. The van der Waals surface area contributed by atoms with Gasteiger partial charge in [0, 0.05) is 17.2 Å². The number of para-hydroxylation sites is 1. The fraction of sp³-hybridized carbons (Fsp3) is 0.500. The van der Waals surface area contributed by atoms with Crippen molar-refractivity contribution >= 4 is 43.5 Å². The average Bonchev–Trinajstić information content (AvgIpc) is 2.22. The molecule has 0 aliphatic heterocycles. The molecular weight excluding hydrogens is 355 g/mol. The molecule has 1 fully saturated rings. The summed E-state index contributed by atoms with van der Waals surface area (Å²) >= 11 is 13.2. The Hall–Kier alpha value is 0.270. The lowest BCUT2D eigenvalue weighted by atomic mass is 9.68. The highest BCUT2D eigenvalue weighted by Gasteiger charge is 2.49. The van der Waals surface area contributed by atoms with Crippen LogP contribution in [0.2, 0.25) is 0 Å². The Kier molecular flexibility index (Phi) is 3.58. The van der Waals surface area contributed by atoms with Gasteiger partial charge in [-0.15, -0.1) is 11.6 Å². The van der Waals surface area contributed by atoms with E-state index in [0.29, 0.717) is 0 Å². The number of rotatable bonds is 2. The molecular formula is C12H13Br2ClO. The molecule has 0 radical (unpaired) electrons. The van der Waals surface area contributed by atoms with Gasteiger partial charge in [-0.3, -0.25) is 0 Å². The molecule has 1 aliphatic carbocycles. The van der Waals surface area contributed by atoms with E-state index in [-0.39, 0.29) is 16.9 Å². The normalized spacial score (nSPS) is 27.3. The summed E-state index contributed by atoms with van der Waals surface area (Å²) < 4.78 is 7.96. The second-order valence-corrected chi connectivity index (χ2v) is 6.92. The number of hydrogen-bond donors (Lipinski definition) is 0. The predicted octanol–water partition coefficient (Wildman–Crippen LogP) is 5.00. The van der Waals surface area contributed by atoms with Crippen LogP contribution in [-0.4, -0.2) is 11.5 Å². The highest BCUT2D eigenvalue weighted by molar-refractivity contribution is 9.11. The summed E-state index contributed by atoms with van der Waals surface area (Å²) in [5, 5.41) is 0.207. The van der Waals surface area contributed by atoms with E-state index >= 15 is 0 Å². The fourth-order valence-corrected chi connectivity index (χ4v) is 3.26. The molecule has 0 N–H and O–H groups in total. The number of hydrogen-bond acceptors (Lipinski definition) is 1. The van der Waals surface area contributed by atoms with Crippen molar-refractivity contribution in [2.75, 3.05) is 0 Å². The maximum Gasteiger partial charge on any atom is 0.148 e. The van der Waals surface area contributed by atoms with Crippen molar-refractivity contribution in [2.24, 2.45) is 5.41 Å². The molecule has 1 aromatic rings. The Morgan fingerprint density at radius 2 is 1.88 bits per heavy atom. The zero-order chi connectivity index (χ0) is 11.9. The van der Waals surface area contributed by atoms with Crippen LogP contribution in [0.5, 0.6) is 5.75 Å². The van der Waals surface area contributed by atoms with Gasteiger partial charge < -0.3 is 4.74 Å². The van der Waals surface area contributed by atoms with Crippen molar-refractivity contribution in [3.63, 3.8) is 0 Å². The minimum Gasteiger partial charge on any atom is -0.487 e. The summed E-state index contributed by atoms with van der Waals surface area (Å²) in [5.41, 5.74) is 0.0380. The first-order valence-corrected chi connectivity index (χ1v) is 7.20. The van der Waals surface area contributed by atoms with Crippen LogP contribution in [-0.2, 0) is 0 Å². The summed E-state index contributed by atoms with van der Waals surface area (Å²) in [7, 11) is 0. The lowest BCUT2D eigenvalue weighted by molar-refractivity contribution is -0.0139. The van der Waals surface area contributed by atoms with Crippen LogP contribution in [0.25, 0.3) is 0 Å². The fourth-order valence-electron chi connectivity index (χ4n) is 1.77. The van der Waals surface area contributed by atoms with E-state index in [4.69, 9.17) is 16.3 Å². The molecule has 0 bridgehead atoms. The van der Waals surface area contributed by atoms with Crippen molar-refractivity contribution in [3.8, 4) is 5.75 Å². The lowest BCUT2D eigenvalue weighted by Crippen LogP contribution is -2.53. The predicted molar refractivity (Wildman–Crippen MR) is 74.3 cm³/mol. The Balaban J connectivity index is 2.17. The molecule has 16 heavy (non-hydrogen) atoms. The van der Waals surface area contributed by atoms with E-state index < -0.39 is 0 Å². The molecule has 88 valence electrons. The van der Waals surface area contributed by atoms with Crippen LogP contribution < -0.4 is 4.74 Å². The van der Waals surface area contributed by atoms with Gasteiger partial charge in [-0.1, -0.05) is 19.9 Å². The number of benzene rings is 1. The molecule has 2 atom stereocenters. The van der Waals surface area contributed by atoms with Gasteiger partial charge in [0.2, 0.25) is 0 Å². The first-order valence-electron chi connectivity index (χ1n) is 5.17. The SMILES string of the molecule is CC1(C)C(Cl)CC1Oc1c(Br)cccc1Br. The van der Waals surface area contributed by atoms with E-state index in [1.165, 1.54) is 0 Å². The highest BCUT2D eigenvalue weighted by atomic mass is 79.9. The monoisotopic (exact) mass is 366 g/mol. The number of alkyl halides is 1. The summed E-state index contributed by atoms with van der Waals surface area (Å²) in [6.07, 6.45) is 1.09. The van der Waals surface area contributed by atoms with Crippen LogP contribution in [0.4, 0.5) is 0 Å². The van der Waals surface area contributed by atoms with E-state index in [0.717, 1.165) is 21.1 Å². The van der Waals surface area contributed by atoms with Crippen LogP contribution in [0.3, 0.4) is 0 Å². The van der Waals surface area contributed by atoms with E-state index in [9.17, 15) is 0 Å². The molecule has 2 unspecified atom stereocenters. The molecule has 2 rings (SSSR count). The van der Waals surface area contributed by atoms with E-state index in [2.05, 4.69) is 45.7 Å². The van der Waals surface area contributed by atoms with Gasteiger partial charge >= 0.3 is 0 Å². The molecule has 1 aliphatic rings. The Labute approximate surface area is 118 Å². The van der Waals surface area contributed by atoms with Crippen LogP contribution >= 0.6 is 43.5 Å². The van der Waals surface area contributed by atoms with Crippen LogP contribution in [0.1, 0.15) is 20.3 Å². The summed E-state index contributed by atoms with van der Waals surface area (Å²) in [6.45, 7) is 4.28. The van der Waals surface area contributed by atoms with Gasteiger partial charge in [-0.05, 0) is 44.0 Å². The van der Waals surface area contributed by atoms with Gasteiger partial charge in [-0.2, -0.15) is 0 Å². The summed E-state index contributed by atoms with van der Waals surface area (Å²) in [4.78, 5) is 0. The molecule has 0 saturated heterocycles. The first kappa shape index (κ1) is 12.7. The Morgan fingerprint density at radius 1 is 1.31 bits per heavy atom. The maximum atomic E-state index is 6.18. The van der Waals surface area contributed by atoms with Crippen molar-refractivity contribution in [3.05, 3.63) is 27.1 Å². The number of ether oxygens (including phenoxy) is 1. The lowest BCUT2D eigenvalue weighted by Gasteiger charge is -2.48. The summed E-state index contributed by atoms with van der Waals surface area (Å²) in [5.74, 6) is 0.865.